The Labute approximate surface area is 136 Å². The van der Waals surface area contributed by atoms with Crippen molar-refractivity contribution >= 4 is 17.2 Å². The molecule has 0 aliphatic carbocycles. The van der Waals surface area contributed by atoms with E-state index in [2.05, 4.69) is 15.4 Å². The maximum atomic E-state index is 12.2. The Bertz CT molecular complexity index is 886. The lowest BCUT2D eigenvalue weighted by molar-refractivity contribution is 0.0944. The number of amides is 1. The first kappa shape index (κ1) is 15.1. The van der Waals surface area contributed by atoms with Crippen LogP contribution in [0.5, 0.6) is 0 Å². The molecule has 0 bridgehead atoms. The van der Waals surface area contributed by atoms with Gasteiger partial charge in [-0.25, -0.2) is 4.98 Å². The summed E-state index contributed by atoms with van der Waals surface area (Å²) in [4.78, 5) is 28.4. The summed E-state index contributed by atoms with van der Waals surface area (Å²) in [5.74, 6) is -0.345. The van der Waals surface area contributed by atoms with E-state index in [1.54, 1.807) is 24.3 Å². The average Bonchev–Trinajstić information content (AvgIpc) is 2.99. The molecule has 2 heterocycles. The predicted molar refractivity (Wildman–Crippen MR) is 87.9 cm³/mol. The van der Waals surface area contributed by atoms with Crippen LogP contribution in [0.1, 0.15) is 21.2 Å². The molecule has 0 aliphatic heterocycles. The molecule has 2 aromatic heterocycles. The highest BCUT2D eigenvalue weighted by molar-refractivity contribution is 7.09. The number of aryl methyl sites for hydroxylation is 1. The van der Waals surface area contributed by atoms with Gasteiger partial charge in [0.25, 0.3) is 11.5 Å². The molecule has 3 aromatic rings. The van der Waals surface area contributed by atoms with E-state index in [0.717, 1.165) is 10.7 Å². The standard InChI is InChI=1S/C16H14N4O2S/c1-11-10-23-14(18-11)9-17-16(22)13-7-8-15(21)20(19-13)12-5-3-2-4-6-12/h2-8,10H,9H2,1H3,(H,17,22). The molecule has 0 spiro atoms. The normalized spacial score (nSPS) is 10.5. The number of carbonyl (C=O) groups is 1. The Morgan fingerprint density at radius 3 is 2.70 bits per heavy atom. The molecule has 3 rings (SSSR count). The van der Waals surface area contributed by atoms with E-state index in [-0.39, 0.29) is 17.2 Å². The lowest BCUT2D eigenvalue weighted by Crippen LogP contribution is -2.28. The summed E-state index contributed by atoms with van der Waals surface area (Å²) in [6.07, 6.45) is 0. The number of benzene rings is 1. The summed E-state index contributed by atoms with van der Waals surface area (Å²) in [5.41, 5.74) is 1.43. The first-order valence-electron chi connectivity index (χ1n) is 6.98. The van der Waals surface area contributed by atoms with Crippen molar-refractivity contribution in [1.29, 1.82) is 0 Å². The van der Waals surface area contributed by atoms with Crippen molar-refractivity contribution in [3.63, 3.8) is 0 Å². The van der Waals surface area contributed by atoms with Gasteiger partial charge in [-0.15, -0.1) is 11.3 Å². The Kier molecular flexibility index (Phi) is 4.29. The Balaban J connectivity index is 1.80. The number of thiazole rings is 1. The van der Waals surface area contributed by atoms with Gasteiger partial charge in [-0.1, -0.05) is 18.2 Å². The van der Waals surface area contributed by atoms with E-state index in [1.807, 2.05) is 18.4 Å². The summed E-state index contributed by atoms with van der Waals surface area (Å²) in [6, 6.07) is 11.7. The zero-order chi connectivity index (χ0) is 16.2. The summed E-state index contributed by atoms with van der Waals surface area (Å²) in [6.45, 7) is 2.24. The topological polar surface area (TPSA) is 76.9 Å². The summed E-state index contributed by atoms with van der Waals surface area (Å²) >= 11 is 1.49. The van der Waals surface area contributed by atoms with E-state index < -0.39 is 0 Å². The van der Waals surface area contributed by atoms with Gasteiger partial charge in [-0.2, -0.15) is 9.78 Å². The van der Waals surface area contributed by atoms with Crippen LogP contribution in [0.15, 0.2) is 52.6 Å². The molecule has 0 atom stereocenters. The van der Waals surface area contributed by atoms with Gasteiger partial charge in [0, 0.05) is 17.1 Å². The predicted octanol–water partition coefficient (Wildman–Crippen LogP) is 1.93. The number of rotatable bonds is 4. The molecule has 0 unspecified atom stereocenters. The Morgan fingerprint density at radius 1 is 1.22 bits per heavy atom. The molecular formula is C16H14N4O2S. The van der Waals surface area contributed by atoms with E-state index in [0.29, 0.717) is 12.2 Å². The minimum absolute atomic E-state index is 0.182. The second-order valence-electron chi connectivity index (χ2n) is 4.87. The van der Waals surface area contributed by atoms with E-state index >= 15 is 0 Å². The van der Waals surface area contributed by atoms with Gasteiger partial charge in [0.05, 0.1) is 12.2 Å². The molecule has 1 aromatic carbocycles. The quantitative estimate of drug-likeness (QED) is 0.795. The summed E-state index contributed by atoms with van der Waals surface area (Å²) < 4.78 is 1.21. The van der Waals surface area contributed by atoms with E-state index in [4.69, 9.17) is 0 Å². The van der Waals surface area contributed by atoms with Crippen LogP contribution in [0.3, 0.4) is 0 Å². The first-order chi connectivity index (χ1) is 11.1. The molecule has 1 N–H and O–H groups in total. The van der Waals surface area contributed by atoms with Crippen LogP contribution in [0.2, 0.25) is 0 Å². The second kappa shape index (κ2) is 6.53. The Hall–Kier alpha value is -2.80. The third-order valence-corrected chi connectivity index (χ3v) is 4.07. The molecule has 6 nitrogen and oxygen atoms in total. The number of hydrogen-bond donors (Lipinski definition) is 1. The fourth-order valence-corrected chi connectivity index (χ4v) is 2.73. The Morgan fingerprint density at radius 2 is 2.00 bits per heavy atom. The molecule has 7 heteroatoms. The number of aromatic nitrogens is 3. The minimum atomic E-state index is -0.345. The van der Waals surface area contributed by atoms with E-state index in [9.17, 15) is 9.59 Å². The summed E-state index contributed by atoms with van der Waals surface area (Å²) in [5, 5.41) is 9.64. The number of nitrogens with zero attached hydrogens (tertiary/aromatic N) is 3. The van der Waals surface area contributed by atoms with Gasteiger partial charge < -0.3 is 5.32 Å². The van der Waals surface area contributed by atoms with Crippen LogP contribution in [0, 0.1) is 6.92 Å². The highest BCUT2D eigenvalue weighted by atomic mass is 32.1. The molecule has 0 aliphatic rings. The number of para-hydroxylation sites is 1. The molecule has 1 amide bonds. The van der Waals surface area contributed by atoms with Crippen molar-refractivity contribution in [2.45, 2.75) is 13.5 Å². The van der Waals surface area contributed by atoms with Crippen molar-refractivity contribution in [3.05, 3.63) is 74.6 Å². The van der Waals surface area contributed by atoms with Crippen LogP contribution in [0.4, 0.5) is 0 Å². The van der Waals surface area contributed by atoms with Crippen LogP contribution in [0.25, 0.3) is 5.69 Å². The zero-order valence-electron chi connectivity index (χ0n) is 12.4. The van der Waals surface area contributed by atoms with Crippen molar-refractivity contribution in [2.75, 3.05) is 0 Å². The molecule has 0 saturated heterocycles. The number of nitrogens with one attached hydrogen (secondary N) is 1. The molecule has 23 heavy (non-hydrogen) atoms. The lowest BCUT2D eigenvalue weighted by atomic mass is 10.3. The number of carbonyl (C=O) groups excluding carboxylic acids is 1. The van der Waals surface area contributed by atoms with Gasteiger partial charge in [0.15, 0.2) is 0 Å². The van der Waals surface area contributed by atoms with Crippen molar-refractivity contribution in [1.82, 2.24) is 20.1 Å². The first-order valence-corrected chi connectivity index (χ1v) is 7.86. The van der Waals surface area contributed by atoms with Gasteiger partial charge >= 0.3 is 0 Å². The minimum Gasteiger partial charge on any atom is -0.344 e. The third-order valence-electron chi connectivity index (χ3n) is 3.10. The van der Waals surface area contributed by atoms with Crippen LogP contribution >= 0.6 is 11.3 Å². The van der Waals surface area contributed by atoms with Gasteiger partial charge in [0.1, 0.15) is 10.7 Å². The maximum Gasteiger partial charge on any atom is 0.272 e. The molecule has 0 saturated carbocycles. The highest BCUT2D eigenvalue weighted by Gasteiger charge is 2.11. The maximum absolute atomic E-state index is 12.2. The SMILES string of the molecule is Cc1csc(CNC(=O)c2ccc(=O)n(-c3ccccc3)n2)n1. The third kappa shape index (κ3) is 3.51. The van der Waals surface area contributed by atoms with Gasteiger partial charge in [-0.3, -0.25) is 9.59 Å². The fraction of sp³-hybridized carbons (Fsp3) is 0.125. The summed E-state index contributed by atoms with van der Waals surface area (Å²) in [7, 11) is 0. The second-order valence-corrected chi connectivity index (χ2v) is 5.81. The van der Waals surface area contributed by atoms with Gasteiger partial charge in [-0.05, 0) is 25.1 Å². The fourth-order valence-electron chi connectivity index (χ4n) is 2.02. The zero-order valence-corrected chi connectivity index (χ0v) is 13.2. The smallest absolute Gasteiger partial charge is 0.272 e. The largest absolute Gasteiger partial charge is 0.344 e. The van der Waals surface area contributed by atoms with Crippen LogP contribution < -0.4 is 10.9 Å². The number of hydrogen-bond acceptors (Lipinski definition) is 5. The monoisotopic (exact) mass is 326 g/mol. The van der Waals surface area contributed by atoms with Crippen LogP contribution in [-0.2, 0) is 6.54 Å². The van der Waals surface area contributed by atoms with E-state index in [1.165, 1.54) is 28.2 Å². The molecule has 0 radical (unpaired) electrons. The van der Waals surface area contributed by atoms with Crippen molar-refractivity contribution < 1.29 is 4.79 Å². The van der Waals surface area contributed by atoms with Crippen molar-refractivity contribution in [2.24, 2.45) is 0 Å². The van der Waals surface area contributed by atoms with Crippen molar-refractivity contribution in [3.8, 4) is 5.69 Å². The molecule has 116 valence electrons. The average molecular weight is 326 g/mol. The van der Waals surface area contributed by atoms with Gasteiger partial charge in [0.2, 0.25) is 0 Å². The van der Waals surface area contributed by atoms with Crippen LogP contribution in [-0.4, -0.2) is 20.7 Å². The molecule has 0 fully saturated rings. The highest BCUT2D eigenvalue weighted by Crippen LogP contribution is 2.08. The lowest BCUT2D eigenvalue weighted by Gasteiger charge is -2.07. The molecular weight excluding hydrogens is 312 g/mol.